The van der Waals surface area contributed by atoms with Crippen molar-refractivity contribution in [3.63, 3.8) is 0 Å². The molecule has 66 valence electrons. The highest BCUT2D eigenvalue weighted by Gasteiger charge is 2.34. The van der Waals surface area contributed by atoms with Gasteiger partial charge in [0.1, 0.15) is 0 Å². The van der Waals surface area contributed by atoms with Gasteiger partial charge in [0.2, 0.25) is 0 Å². The van der Waals surface area contributed by atoms with Crippen molar-refractivity contribution in [2.24, 2.45) is 0 Å². The lowest BCUT2D eigenvalue weighted by atomic mass is 10.0. The molecule has 0 aromatic carbocycles. The molecule has 0 aromatic rings. The zero-order chi connectivity index (χ0) is 8.32. The van der Waals surface area contributed by atoms with Gasteiger partial charge in [-0.15, -0.1) is 0 Å². The third kappa shape index (κ3) is 2.17. The Morgan fingerprint density at radius 1 is 1.64 bits per heavy atom. The van der Waals surface area contributed by atoms with Crippen LogP contribution in [-0.2, 0) is 4.74 Å². The van der Waals surface area contributed by atoms with Crippen molar-refractivity contribution in [1.29, 1.82) is 0 Å². The van der Waals surface area contributed by atoms with Crippen LogP contribution in [0.2, 0.25) is 0 Å². The number of hydrogen-bond donors (Lipinski definition) is 1. The van der Waals surface area contributed by atoms with Crippen molar-refractivity contribution < 1.29 is 4.74 Å². The molecule has 0 aromatic heterocycles. The summed E-state index contributed by atoms with van der Waals surface area (Å²) in [7, 11) is 1.98. The van der Waals surface area contributed by atoms with Crippen LogP contribution in [0.4, 0.5) is 0 Å². The van der Waals surface area contributed by atoms with E-state index in [2.05, 4.69) is 19.2 Å². The van der Waals surface area contributed by atoms with Gasteiger partial charge in [0.25, 0.3) is 0 Å². The summed E-state index contributed by atoms with van der Waals surface area (Å²) in [5.41, 5.74) is 0.107. The average molecular weight is 157 g/mol. The minimum Gasteiger partial charge on any atom is -0.371 e. The van der Waals surface area contributed by atoms with E-state index in [1.54, 1.807) is 0 Å². The van der Waals surface area contributed by atoms with Gasteiger partial charge in [-0.1, -0.05) is 6.92 Å². The molecule has 1 N–H and O–H groups in total. The van der Waals surface area contributed by atoms with Crippen molar-refractivity contribution in [3.05, 3.63) is 0 Å². The first kappa shape index (κ1) is 9.01. The van der Waals surface area contributed by atoms with Crippen LogP contribution < -0.4 is 5.32 Å². The minimum atomic E-state index is 0.107. The summed E-state index contributed by atoms with van der Waals surface area (Å²) in [5.74, 6) is 0. The van der Waals surface area contributed by atoms with Crippen LogP contribution in [0.1, 0.15) is 33.1 Å². The van der Waals surface area contributed by atoms with E-state index in [1.807, 2.05) is 7.05 Å². The van der Waals surface area contributed by atoms with E-state index in [-0.39, 0.29) is 5.60 Å². The monoisotopic (exact) mass is 157 g/mol. The molecule has 1 rings (SSSR count). The Balaban J connectivity index is 2.37. The number of hydrogen-bond acceptors (Lipinski definition) is 2. The second kappa shape index (κ2) is 3.55. The third-order valence-corrected chi connectivity index (χ3v) is 2.45. The molecule has 2 unspecified atom stereocenters. The molecule has 2 nitrogen and oxygen atoms in total. The van der Waals surface area contributed by atoms with Crippen LogP contribution in [0.15, 0.2) is 0 Å². The lowest BCUT2D eigenvalue weighted by Gasteiger charge is -2.24. The molecule has 1 saturated heterocycles. The zero-order valence-corrected chi connectivity index (χ0v) is 7.81. The van der Waals surface area contributed by atoms with Gasteiger partial charge in [-0.05, 0) is 33.2 Å². The molecule has 0 aliphatic carbocycles. The summed E-state index contributed by atoms with van der Waals surface area (Å²) < 4.78 is 5.88. The highest BCUT2D eigenvalue weighted by atomic mass is 16.5. The zero-order valence-electron chi connectivity index (χ0n) is 7.81. The van der Waals surface area contributed by atoms with Crippen LogP contribution in [-0.4, -0.2) is 25.3 Å². The van der Waals surface area contributed by atoms with E-state index < -0.39 is 0 Å². The second-order valence-electron chi connectivity index (χ2n) is 3.67. The molecule has 0 spiro atoms. The highest BCUT2D eigenvalue weighted by Crippen LogP contribution is 2.30. The highest BCUT2D eigenvalue weighted by molar-refractivity contribution is 4.85. The summed E-state index contributed by atoms with van der Waals surface area (Å²) in [6, 6.07) is 0. The van der Waals surface area contributed by atoms with Gasteiger partial charge < -0.3 is 10.1 Å². The molecule has 1 fully saturated rings. The summed E-state index contributed by atoms with van der Waals surface area (Å²) in [6.45, 7) is 5.36. The van der Waals surface area contributed by atoms with E-state index >= 15 is 0 Å². The number of ether oxygens (including phenoxy) is 1. The van der Waals surface area contributed by atoms with Crippen LogP contribution >= 0.6 is 0 Å². The molecular weight excluding hydrogens is 138 g/mol. The van der Waals surface area contributed by atoms with Crippen LogP contribution in [0.25, 0.3) is 0 Å². The number of rotatable bonds is 3. The predicted molar refractivity (Wildman–Crippen MR) is 46.7 cm³/mol. The maximum atomic E-state index is 5.88. The van der Waals surface area contributed by atoms with Crippen molar-refractivity contribution in [3.8, 4) is 0 Å². The quantitative estimate of drug-likeness (QED) is 0.671. The molecule has 1 heterocycles. The van der Waals surface area contributed by atoms with Crippen molar-refractivity contribution >= 4 is 0 Å². The maximum absolute atomic E-state index is 5.88. The maximum Gasteiger partial charge on any atom is 0.0782 e. The van der Waals surface area contributed by atoms with Gasteiger partial charge in [-0.25, -0.2) is 0 Å². The first-order valence-electron chi connectivity index (χ1n) is 4.52. The molecule has 0 saturated carbocycles. The van der Waals surface area contributed by atoms with Crippen LogP contribution in [0.3, 0.4) is 0 Å². The SMILES string of the molecule is CCC1CCC(C)(CNC)O1. The summed E-state index contributed by atoms with van der Waals surface area (Å²) in [6.07, 6.45) is 4.09. The van der Waals surface area contributed by atoms with Gasteiger partial charge in [-0.2, -0.15) is 0 Å². The minimum absolute atomic E-state index is 0.107. The fourth-order valence-corrected chi connectivity index (χ4v) is 1.78. The molecule has 0 radical (unpaired) electrons. The molecule has 1 aliphatic heterocycles. The van der Waals surface area contributed by atoms with E-state index in [0.29, 0.717) is 6.10 Å². The van der Waals surface area contributed by atoms with Crippen molar-refractivity contribution in [2.75, 3.05) is 13.6 Å². The number of likely N-dealkylation sites (N-methyl/N-ethyl adjacent to an activating group) is 1. The van der Waals surface area contributed by atoms with Gasteiger partial charge in [0, 0.05) is 6.54 Å². The van der Waals surface area contributed by atoms with Crippen molar-refractivity contribution in [1.82, 2.24) is 5.32 Å². The lowest BCUT2D eigenvalue weighted by Crippen LogP contribution is -2.36. The molecule has 11 heavy (non-hydrogen) atoms. The Morgan fingerprint density at radius 2 is 2.36 bits per heavy atom. The first-order chi connectivity index (χ1) is 5.20. The van der Waals surface area contributed by atoms with E-state index in [0.717, 1.165) is 13.0 Å². The summed E-state index contributed by atoms with van der Waals surface area (Å²) in [5, 5.41) is 3.17. The van der Waals surface area contributed by atoms with Gasteiger partial charge >= 0.3 is 0 Å². The first-order valence-corrected chi connectivity index (χ1v) is 4.52. The average Bonchev–Trinajstić information content (AvgIpc) is 2.33. The van der Waals surface area contributed by atoms with Crippen LogP contribution in [0, 0.1) is 0 Å². The van der Waals surface area contributed by atoms with E-state index in [9.17, 15) is 0 Å². The standard InChI is InChI=1S/C9H19NO/c1-4-8-5-6-9(2,11-8)7-10-3/h8,10H,4-7H2,1-3H3. The number of nitrogens with one attached hydrogen (secondary N) is 1. The van der Waals surface area contributed by atoms with E-state index in [4.69, 9.17) is 4.74 Å². The predicted octanol–water partition coefficient (Wildman–Crippen LogP) is 1.55. The molecule has 0 bridgehead atoms. The fraction of sp³-hybridized carbons (Fsp3) is 1.00. The molecule has 1 aliphatic rings. The largest absolute Gasteiger partial charge is 0.371 e. The summed E-state index contributed by atoms with van der Waals surface area (Å²) in [4.78, 5) is 0. The molecule has 2 atom stereocenters. The van der Waals surface area contributed by atoms with E-state index in [1.165, 1.54) is 12.8 Å². The smallest absolute Gasteiger partial charge is 0.0782 e. The Morgan fingerprint density at radius 3 is 2.82 bits per heavy atom. The lowest BCUT2D eigenvalue weighted by molar-refractivity contribution is -0.0269. The van der Waals surface area contributed by atoms with Gasteiger partial charge in [0.15, 0.2) is 0 Å². The summed E-state index contributed by atoms with van der Waals surface area (Å²) >= 11 is 0. The normalized spacial score (nSPS) is 37.9. The Bertz CT molecular complexity index is 127. The Hall–Kier alpha value is -0.0800. The third-order valence-electron chi connectivity index (χ3n) is 2.45. The van der Waals surface area contributed by atoms with Crippen LogP contribution in [0.5, 0.6) is 0 Å². The molecule has 2 heteroatoms. The Kier molecular flexibility index (Phi) is 2.90. The molecule has 0 amide bonds. The topological polar surface area (TPSA) is 21.3 Å². The molecular formula is C9H19NO. The van der Waals surface area contributed by atoms with Gasteiger partial charge in [-0.3, -0.25) is 0 Å². The van der Waals surface area contributed by atoms with Gasteiger partial charge in [0.05, 0.1) is 11.7 Å². The van der Waals surface area contributed by atoms with Crippen molar-refractivity contribution in [2.45, 2.75) is 44.8 Å². The Labute approximate surface area is 69.3 Å². The second-order valence-corrected chi connectivity index (χ2v) is 3.67. The fourth-order valence-electron chi connectivity index (χ4n) is 1.78.